The number of nitrogens with zero attached hydrogens (tertiary/aromatic N) is 2. The molecule has 1 fully saturated rings. The summed E-state index contributed by atoms with van der Waals surface area (Å²) in [5.74, 6) is 1.75. The molecule has 1 aromatic rings. The minimum Gasteiger partial charge on any atom is -0.352 e. The van der Waals surface area contributed by atoms with Crippen LogP contribution in [0.4, 0.5) is 0 Å². The van der Waals surface area contributed by atoms with Gasteiger partial charge in [0.05, 0.1) is 0 Å². The highest BCUT2D eigenvalue weighted by molar-refractivity contribution is 14.0. The molecule has 3 nitrogen and oxygen atoms in total. The van der Waals surface area contributed by atoms with Gasteiger partial charge in [0.15, 0.2) is 5.96 Å². The van der Waals surface area contributed by atoms with Gasteiger partial charge in [-0.05, 0) is 36.5 Å². The van der Waals surface area contributed by atoms with Gasteiger partial charge < -0.3 is 10.2 Å². The van der Waals surface area contributed by atoms with Gasteiger partial charge in [-0.25, -0.2) is 0 Å². The van der Waals surface area contributed by atoms with Crippen molar-refractivity contribution in [3.05, 3.63) is 34.9 Å². The van der Waals surface area contributed by atoms with E-state index in [2.05, 4.69) is 22.1 Å². The van der Waals surface area contributed by atoms with E-state index in [1.54, 1.807) is 0 Å². The highest BCUT2D eigenvalue weighted by Crippen LogP contribution is 2.15. The number of hydrogen-bond acceptors (Lipinski definition) is 1. The lowest BCUT2D eigenvalue weighted by Gasteiger charge is -2.33. The fraction of sp³-hybridized carbons (Fsp3) is 0.533. The molecule has 0 spiro atoms. The van der Waals surface area contributed by atoms with Crippen molar-refractivity contribution in [3.63, 3.8) is 0 Å². The Labute approximate surface area is 143 Å². The highest BCUT2D eigenvalue weighted by atomic mass is 127. The fourth-order valence-corrected chi connectivity index (χ4v) is 2.62. The van der Waals surface area contributed by atoms with Crippen molar-refractivity contribution in [1.29, 1.82) is 0 Å². The first-order valence-corrected chi connectivity index (χ1v) is 7.27. The van der Waals surface area contributed by atoms with Crippen molar-refractivity contribution in [2.24, 2.45) is 10.9 Å². The molecule has 5 heteroatoms. The van der Waals surface area contributed by atoms with Crippen LogP contribution in [0.5, 0.6) is 0 Å². The molecular formula is C15H23ClIN3. The molecule has 1 N–H and O–H groups in total. The summed E-state index contributed by atoms with van der Waals surface area (Å²) < 4.78 is 0. The van der Waals surface area contributed by atoms with Crippen molar-refractivity contribution in [3.8, 4) is 0 Å². The van der Waals surface area contributed by atoms with Crippen LogP contribution in [-0.4, -0.2) is 31.0 Å². The minimum atomic E-state index is 0. The van der Waals surface area contributed by atoms with E-state index in [4.69, 9.17) is 11.6 Å². The number of nitrogens with one attached hydrogen (secondary N) is 1. The second kappa shape index (κ2) is 8.72. The quantitative estimate of drug-likeness (QED) is 0.459. The smallest absolute Gasteiger partial charge is 0.193 e. The van der Waals surface area contributed by atoms with Gasteiger partial charge in [0, 0.05) is 31.7 Å². The Morgan fingerprint density at radius 3 is 2.70 bits per heavy atom. The molecule has 1 aliphatic heterocycles. The standard InChI is InChI=1S/C15H22ClN3.HI/c1-12-4-3-9-19(11-12)15(17-2)18-10-13-5-7-14(16)8-6-13;/h5-8,12H,3-4,9-11H2,1-2H3,(H,17,18);1H. The van der Waals surface area contributed by atoms with Crippen molar-refractivity contribution in [1.82, 2.24) is 10.2 Å². The van der Waals surface area contributed by atoms with Gasteiger partial charge in [-0.15, -0.1) is 24.0 Å². The molecule has 0 aliphatic carbocycles. The topological polar surface area (TPSA) is 27.6 Å². The lowest BCUT2D eigenvalue weighted by molar-refractivity contribution is 0.266. The molecule has 1 aliphatic rings. The number of likely N-dealkylation sites (tertiary alicyclic amines) is 1. The maximum Gasteiger partial charge on any atom is 0.193 e. The summed E-state index contributed by atoms with van der Waals surface area (Å²) in [6.45, 7) is 5.29. The zero-order valence-corrected chi connectivity index (χ0v) is 15.2. The Balaban J connectivity index is 0.00000200. The minimum absolute atomic E-state index is 0. The van der Waals surface area contributed by atoms with Crippen LogP contribution in [0.2, 0.25) is 5.02 Å². The van der Waals surface area contributed by atoms with E-state index in [1.807, 2.05) is 31.3 Å². The molecular weight excluding hydrogens is 385 g/mol. The summed E-state index contributed by atoms with van der Waals surface area (Å²) in [6.07, 6.45) is 2.58. The normalized spacial score (nSPS) is 19.4. The molecule has 20 heavy (non-hydrogen) atoms. The Morgan fingerprint density at radius 2 is 2.10 bits per heavy atom. The van der Waals surface area contributed by atoms with Gasteiger partial charge in [-0.3, -0.25) is 4.99 Å². The molecule has 1 unspecified atom stereocenters. The van der Waals surface area contributed by atoms with Crippen LogP contribution < -0.4 is 5.32 Å². The largest absolute Gasteiger partial charge is 0.352 e. The summed E-state index contributed by atoms with van der Waals surface area (Å²) >= 11 is 5.89. The Kier molecular flexibility index (Phi) is 7.66. The summed E-state index contributed by atoms with van der Waals surface area (Å²) in [4.78, 5) is 6.74. The average molecular weight is 408 g/mol. The number of aliphatic imine (C=N–C) groups is 1. The van der Waals surface area contributed by atoms with Gasteiger partial charge in [0.1, 0.15) is 0 Å². The van der Waals surface area contributed by atoms with E-state index in [9.17, 15) is 0 Å². The maximum absolute atomic E-state index is 5.89. The molecule has 2 rings (SSSR count). The van der Waals surface area contributed by atoms with Crippen LogP contribution in [0.25, 0.3) is 0 Å². The molecule has 0 radical (unpaired) electrons. The molecule has 0 amide bonds. The second-order valence-electron chi connectivity index (χ2n) is 5.22. The van der Waals surface area contributed by atoms with Crippen molar-refractivity contribution >= 4 is 41.5 Å². The number of halogens is 2. The molecule has 1 saturated heterocycles. The second-order valence-corrected chi connectivity index (χ2v) is 5.66. The van der Waals surface area contributed by atoms with Crippen LogP contribution in [0.1, 0.15) is 25.3 Å². The summed E-state index contributed by atoms with van der Waals surface area (Å²) in [5, 5.41) is 4.20. The first kappa shape index (κ1) is 17.6. The third-order valence-electron chi connectivity index (χ3n) is 3.53. The number of benzene rings is 1. The van der Waals surface area contributed by atoms with Crippen LogP contribution in [0.3, 0.4) is 0 Å². The lowest BCUT2D eigenvalue weighted by Crippen LogP contribution is -2.45. The van der Waals surface area contributed by atoms with Gasteiger partial charge in [-0.1, -0.05) is 30.7 Å². The van der Waals surface area contributed by atoms with Crippen molar-refractivity contribution in [2.75, 3.05) is 20.1 Å². The number of guanidine groups is 1. The Hall–Kier alpha value is -0.490. The Bertz CT molecular complexity index is 433. The van der Waals surface area contributed by atoms with E-state index < -0.39 is 0 Å². The molecule has 112 valence electrons. The number of rotatable bonds is 2. The van der Waals surface area contributed by atoms with Crippen molar-refractivity contribution in [2.45, 2.75) is 26.3 Å². The van der Waals surface area contributed by atoms with E-state index in [1.165, 1.54) is 18.4 Å². The lowest BCUT2D eigenvalue weighted by atomic mass is 10.0. The number of piperidine rings is 1. The van der Waals surface area contributed by atoms with Gasteiger partial charge in [0.25, 0.3) is 0 Å². The molecule has 0 aromatic heterocycles. The summed E-state index contributed by atoms with van der Waals surface area (Å²) in [7, 11) is 1.85. The zero-order valence-electron chi connectivity index (χ0n) is 12.1. The molecule has 0 bridgehead atoms. The van der Waals surface area contributed by atoms with E-state index in [-0.39, 0.29) is 24.0 Å². The molecule has 1 heterocycles. The molecule has 1 atom stereocenters. The first-order chi connectivity index (χ1) is 9.19. The average Bonchev–Trinajstić information content (AvgIpc) is 2.42. The van der Waals surface area contributed by atoms with E-state index in [0.717, 1.165) is 36.5 Å². The van der Waals surface area contributed by atoms with E-state index in [0.29, 0.717) is 0 Å². The fourth-order valence-electron chi connectivity index (χ4n) is 2.50. The highest BCUT2D eigenvalue weighted by Gasteiger charge is 2.18. The maximum atomic E-state index is 5.89. The van der Waals surface area contributed by atoms with Crippen LogP contribution in [0.15, 0.2) is 29.3 Å². The number of hydrogen-bond donors (Lipinski definition) is 1. The molecule has 1 aromatic carbocycles. The molecule has 0 saturated carbocycles. The summed E-state index contributed by atoms with van der Waals surface area (Å²) in [5.41, 5.74) is 1.22. The first-order valence-electron chi connectivity index (χ1n) is 6.89. The van der Waals surface area contributed by atoms with Gasteiger partial charge in [-0.2, -0.15) is 0 Å². The summed E-state index contributed by atoms with van der Waals surface area (Å²) in [6, 6.07) is 7.93. The van der Waals surface area contributed by atoms with Gasteiger partial charge >= 0.3 is 0 Å². The zero-order chi connectivity index (χ0) is 13.7. The monoisotopic (exact) mass is 407 g/mol. The van der Waals surface area contributed by atoms with Crippen molar-refractivity contribution < 1.29 is 0 Å². The predicted octanol–water partition coefficient (Wildman–Crippen LogP) is 3.77. The third-order valence-corrected chi connectivity index (χ3v) is 3.78. The van der Waals surface area contributed by atoms with Crippen LogP contribution >= 0.6 is 35.6 Å². The predicted molar refractivity (Wildman–Crippen MR) is 97.0 cm³/mol. The van der Waals surface area contributed by atoms with Gasteiger partial charge in [0.2, 0.25) is 0 Å². The third kappa shape index (κ3) is 5.13. The van der Waals surface area contributed by atoms with Crippen LogP contribution in [-0.2, 0) is 6.54 Å². The Morgan fingerprint density at radius 1 is 1.40 bits per heavy atom. The van der Waals surface area contributed by atoms with Crippen LogP contribution in [0, 0.1) is 5.92 Å². The van der Waals surface area contributed by atoms with E-state index >= 15 is 0 Å². The SMILES string of the molecule is CN=C(NCc1ccc(Cl)cc1)N1CCCC(C)C1.I.